The van der Waals surface area contributed by atoms with Gasteiger partial charge in [0.25, 0.3) is 0 Å². The van der Waals surface area contributed by atoms with Gasteiger partial charge in [0.05, 0.1) is 21.9 Å². The van der Waals surface area contributed by atoms with E-state index in [1.54, 1.807) is 6.20 Å². The summed E-state index contributed by atoms with van der Waals surface area (Å²) in [6.45, 7) is 2.85. The molecule has 3 aromatic rings. The van der Waals surface area contributed by atoms with Crippen LogP contribution >= 0.6 is 15.9 Å². The number of fused-ring (bicyclic) bond motifs is 1. The molecule has 0 radical (unpaired) electrons. The van der Waals surface area contributed by atoms with Gasteiger partial charge in [0.15, 0.2) is 0 Å². The van der Waals surface area contributed by atoms with Crippen LogP contribution in [-0.4, -0.2) is 26.5 Å². The summed E-state index contributed by atoms with van der Waals surface area (Å²) in [6, 6.07) is 7.97. The van der Waals surface area contributed by atoms with Gasteiger partial charge in [-0.25, -0.2) is 15.0 Å². The van der Waals surface area contributed by atoms with E-state index in [0.717, 1.165) is 39.5 Å². The molecule has 6 heteroatoms. The summed E-state index contributed by atoms with van der Waals surface area (Å²) in [5.74, 6) is 2.42. The number of aromatic nitrogens is 4. The lowest BCUT2D eigenvalue weighted by Gasteiger charge is -2.06. The highest BCUT2D eigenvalue weighted by Crippen LogP contribution is 2.19. The van der Waals surface area contributed by atoms with Gasteiger partial charge in [-0.1, -0.05) is 12.1 Å². The highest BCUT2D eigenvalue weighted by molar-refractivity contribution is 9.10. The molecule has 0 spiro atoms. The third-order valence-electron chi connectivity index (χ3n) is 2.90. The molecule has 0 aliphatic heterocycles. The Labute approximate surface area is 125 Å². The standard InChI is InChI=1S/C14H14BrN5/c1-2-16-14-9(15)8-17-12(20-14)7-13-18-10-5-3-4-6-11(10)19-13/h3-6,8H,2,7H2,1H3,(H,18,19)(H,16,17,20). The Morgan fingerprint density at radius 3 is 2.90 bits per heavy atom. The van der Waals surface area contributed by atoms with Crippen LogP contribution in [0.15, 0.2) is 34.9 Å². The Kier molecular flexibility index (Phi) is 3.64. The fourth-order valence-electron chi connectivity index (χ4n) is 2.02. The highest BCUT2D eigenvalue weighted by Gasteiger charge is 2.08. The minimum atomic E-state index is 0.584. The van der Waals surface area contributed by atoms with E-state index in [2.05, 4.69) is 41.2 Å². The van der Waals surface area contributed by atoms with Gasteiger partial charge in [0.1, 0.15) is 17.5 Å². The maximum absolute atomic E-state index is 4.54. The molecular formula is C14H14BrN5. The van der Waals surface area contributed by atoms with E-state index in [-0.39, 0.29) is 0 Å². The summed E-state index contributed by atoms with van der Waals surface area (Å²) in [6.07, 6.45) is 2.35. The minimum absolute atomic E-state index is 0.584. The predicted octanol–water partition coefficient (Wildman–Crippen LogP) is 3.14. The van der Waals surface area contributed by atoms with E-state index in [1.807, 2.05) is 31.2 Å². The second kappa shape index (κ2) is 5.58. The minimum Gasteiger partial charge on any atom is -0.369 e. The number of para-hydroxylation sites is 2. The molecule has 0 saturated carbocycles. The number of hydrogen-bond donors (Lipinski definition) is 2. The summed E-state index contributed by atoms with van der Waals surface area (Å²) in [5, 5.41) is 3.20. The average molecular weight is 332 g/mol. The molecule has 2 N–H and O–H groups in total. The van der Waals surface area contributed by atoms with Gasteiger partial charge in [-0.3, -0.25) is 0 Å². The summed E-state index contributed by atoms with van der Waals surface area (Å²) >= 11 is 3.43. The van der Waals surface area contributed by atoms with Crippen molar-refractivity contribution in [3.63, 3.8) is 0 Å². The van der Waals surface area contributed by atoms with Crippen LogP contribution in [-0.2, 0) is 6.42 Å². The molecule has 0 unspecified atom stereocenters. The Morgan fingerprint density at radius 1 is 1.25 bits per heavy atom. The predicted molar refractivity (Wildman–Crippen MR) is 82.8 cm³/mol. The van der Waals surface area contributed by atoms with Gasteiger partial charge in [0.2, 0.25) is 0 Å². The Bertz CT molecular complexity index is 704. The molecule has 2 aromatic heterocycles. The van der Waals surface area contributed by atoms with E-state index < -0.39 is 0 Å². The number of benzene rings is 1. The first-order valence-corrected chi connectivity index (χ1v) is 7.24. The van der Waals surface area contributed by atoms with E-state index >= 15 is 0 Å². The molecular weight excluding hydrogens is 318 g/mol. The first kappa shape index (κ1) is 13.1. The SMILES string of the molecule is CCNc1nc(Cc2nc3ccccc3[nH]2)ncc1Br. The van der Waals surface area contributed by atoms with Crippen LogP contribution in [0.4, 0.5) is 5.82 Å². The van der Waals surface area contributed by atoms with Crippen LogP contribution < -0.4 is 5.32 Å². The topological polar surface area (TPSA) is 66.5 Å². The van der Waals surface area contributed by atoms with Crippen LogP contribution in [0.2, 0.25) is 0 Å². The van der Waals surface area contributed by atoms with Crippen molar-refractivity contribution in [3.8, 4) is 0 Å². The van der Waals surface area contributed by atoms with Gasteiger partial charge >= 0.3 is 0 Å². The number of imidazole rings is 1. The van der Waals surface area contributed by atoms with Gasteiger partial charge < -0.3 is 10.3 Å². The number of anilines is 1. The number of H-pyrrole nitrogens is 1. The fourth-order valence-corrected chi connectivity index (χ4v) is 2.35. The molecule has 5 nitrogen and oxygen atoms in total. The summed E-state index contributed by atoms with van der Waals surface area (Å²) in [7, 11) is 0. The van der Waals surface area contributed by atoms with E-state index in [9.17, 15) is 0 Å². The zero-order valence-corrected chi connectivity index (χ0v) is 12.6. The quantitative estimate of drug-likeness (QED) is 0.770. The molecule has 102 valence electrons. The lowest BCUT2D eigenvalue weighted by atomic mass is 10.3. The lowest BCUT2D eigenvalue weighted by Crippen LogP contribution is -2.05. The largest absolute Gasteiger partial charge is 0.369 e. The van der Waals surface area contributed by atoms with Crippen LogP contribution in [0.1, 0.15) is 18.6 Å². The number of hydrogen-bond acceptors (Lipinski definition) is 4. The first-order valence-electron chi connectivity index (χ1n) is 6.45. The van der Waals surface area contributed by atoms with Crippen LogP contribution in [0.3, 0.4) is 0 Å². The maximum Gasteiger partial charge on any atom is 0.144 e. The van der Waals surface area contributed by atoms with Gasteiger partial charge in [-0.05, 0) is 35.0 Å². The third kappa shape index (κ3) is 2.65. The molecule has 0 aliphatic rings. The maximum atomic E-state index is 4.54. The van der Waals surface area contributed by atoms with E-state index in [1.165, 1.54) is 0 Å². The van der Waals surface area contributed by atoms with Crippen molar-refractivity contribution in [3.05, 3.63) is 46.6 Å². The zero-order valence-electron chi connectivity index (χ0n) is 11.0. The van der Waals surface area contributed by atoms with Crippen molar-refractivity contribution >= 4 is 32.8 Å². The summed E-state index contributed by atoms with van der Waals surface area (Å²) in [4.78, 5) is 16.7. The molecule has 0 fully saturated rings. The molecule has 3 rings (SSSR count). The monoisotopic (exact) mass is 331 g/mol. The summed E-state index contributed by atoms with van der Waals surface area (Å²) in [5.41, 5.74) is 2.00. The molecule has 2 heterocycles. The van der Waals surface area contributed by atoms with Crippen molar-refractivity contribution in [1.82, 2.24) is 19.9 Å². The molecule has 0 amide bonds. The van der Waals surface area contributed by atoms with Crippen molar-refractivity contribution < 1.29 is 0 Å². The number of rotatable bonds is 4. The van der Waals surface area contributed by atoms with Crippen molar-refractivity contribution in [2.75, 3.05) is 11.9 Å². The number of nitrogens with one attached hydrogen (secondary N) is 2. The summed E-state index contributed by atoms with van der Waals surface area (Å²) < 4.78 is 0.868. The Balaban J connectivity index is 1.88. The van der Waals surface area contributed by atoms with Gasteiger partial charge in [0, 0.05) is 12.7 Å². The highest BCUT2D eigenvalue weighted by atomic mass is 79.9. The van der Waals surface area contributed by atoms with Crippen LogP contribution in [0, 0.1) is 0 Å². The third-order valence-corrected chi connectivity index (χ3v) is 3.48. The average Bonchev–Trinajstić information content (AvgIpc) is 2.85. The number of aromatic amines is 1. The van der Waals surface area contributed by atoms with E-state index in [4.69, 9.17) is 0 Å². The van der Waals surface area contributed by atoms with Gasteiger partial charge in [-0.2, -0.15) is 0 Å². The van der Waals surface area contributed by atoms with Crippen LogP contribution in [0.25, 0.3) is 11.0 Å². The molecule has 20 heavy (non-hydrogen) atoms. The molecule has 0 bridgehead atoms. The molecule has 0 saturated heterocycles. The zero-order chi connectivity index (χ0) is 13.9. The Hall–Kier alpha value is -1.95. The van der Waals surface area contributed by atoms with Crippen molar-refractivity contribution in [2.24, 2.45) is 0 Å². The first-order chi connectivity index (χ1) is 9.76. The second-order valence-electron chi connectivity index (χ2n) is 4.39. The van der Waals surface area contributed by atoms with E-state index in [0.29, 0.717) is 6.42 Å². The Morgan fingerprint density at radius 2 is 2.10 bits per heavy atom. The second-order valence-corrected chi connectivity index (χ2v) is 5.24. The normalized spacial score (nSPS) is 10.9. The number of nitrogens with zero attached hydrogens (tertiary/aromatic N) is 3. The molecule has 0 aliphatic carbocycles. The van der Waals surface area contributed by atoms with Crippen molar-refractivity contribution in [2.45, 2.75) is 13.3 Å². The fraction of sp³-hybridized carbons (Fsp3) is 0.214. The van der Waals surface area contributed by atoms with Crippen LogP contribution in [0.5, 0.6) is 0 Å². The lowest BCUT2D eigenvalue weighted by molar-refractivity contribution is 0.911. The molecule has 0 atom stereocenters. The van der Waals surface area contributed by atoms with Crippen molar-refractivity contribution in [1.29, 1.82) is 0 Å². The molecule has 1 aromatic carbocycles. The number of halogens is 1. The smallest absolute Gasteiger partial charge is 0.144 e. The van der Waals surface area contributed by atoms with Gasteiger partial charge in [-0.15, -0.1) is 0 Å².